The fourth-order valence-corrected chi connectivity index (χ4v) is 2.04. The van der Waals surface area contributed by atoms with Gasteiger partial charge in [-0.25, -0.2) is 0 Å². The minimum atomic E-state index is 0.134. The summed E-state index contributed by atoms with van der Waals surface area (Å²) >= 11 is 5.68. The van der Waals surface area contributed by atoms with Crippen LogP contribution in [0.5, 0.6) is 0 Å². The fourth-order valence-electron chi connectivity index (χ4n) is 1.90. The molecule has 0 fully saturated rings. The summed E-state index contributed by atoms with van der Waals surface area (Å²) in [6, 6.07) is 10.2. The molecule has 2 heterocycles. The van der Waals surface area contributed by atoms with E-state index in [1.165, 1.54) is 11.8 Å². The molecule has 0 radical (unpaired) electrons. The van der Waals surface area contributed by atoms with Crippen LogP contribution in [0.1, 0.15) is 11.1 Å². The Hall–Kier alpha value is -2.47. The highest BCUT2D eigenvalue weighted by Crippen LogP contribution is 2.09. The minimum Gasteiger partial charge on any atom is -0.365 e. The number of anilines is 1. The van der Waals surface area contributed by atoms with Crippen molar-refractivity contribution in [3.05, 3.63) is 65.3 Å². The molecule has 0 aliphatic carbocycles. The van der Waals surface area contributed by atoms with Crippen LogP contribution < -0.4 is 5.32 Å². The average molecular weight is 301 g/mol. The molecule has 2 aromatic heterocycles. The Labute approximate surface area is 126 Å². The van der Waals surface area contributed by atoms with Crippen molar-refractivity contribution >= 4 is 17.4 Å². The molecule has 21 heavy (non-hydrogen) atoms. The van der Waals surface area contributed by atoms with Crippen LogP contribution in [-0.4, -0.2) is 25.0 Å². The first-order valence-electron chi connectivity index (χ1n) is 6.44. The summed E-state index contributed by atoms with van der Waals surface area (Å²) < 4.78 is 1.89. The molecular formula is C14H13ClN6. The van der Waals surface area contributed by atoms with Crippen LogP contribution in [0, 0.1) is 0 Å². The van der Waals surface area contributed by atoms with E-state index in [1.807, 2.05) is 16.9 Å². The lowest BCUT2D eigenvalue weighted by molar-refractivity contribution is 0.686. The molecular weight excluding hydrogens is 288 g/mol. The molecule has 3 aromatic rings. The van der Waals surface area contributed by atoms with Crippen molar-refractivity contribution in [3.63, 3.8) is 0 Å². The van der Waals surface area contributed by atoms with Gasteiger partial charge >= 0.3 is 0 Å². The Morgan fingerprint density at radius 2 is 1.95 bits per heavy atom. The average Bonchev–Trinajstić information content (AvgIpc) is 3.00. The number of halogens is 1. The van der Waals surface area contributed by atoms with E-state index in [0.29, 0.717) is 12.4 Å². The largest absolute Gasteiger partial charge is 0.365 e. The van der Waals surface area contributed by atoms with Crippen molar-refractivity contribution in [2.75, 3.05) is 5.32 Å². The molecule has 0 bridgehead atoms. The SMILES string of the molecule is Clc1nncc(NCc2ccc(Cn3cccn3)cc2)n1. The fraction of sp³-hybridized carbons (Fsp3) is 0.143. The van der Waals surface area contributed by atoms with Crippen LogP contribution in [-0.2, 0) is 13.1 Å². The topological polar surface area (TPSA) is 68.5 Å². The standard InChI is InChI=1S/C14H13ClN6/c15-14-19-13(9-17-20-14)16-8-11-2-4-12(5-3-11)10-21-7-1-6-18-21/h1-7,9H,8,10H2,(H,16,19,20). The zero-order chi connectivity index (χ0) is 14.5. The van der Waals surface area contributed by atoms with Gasteiger partial charge in [0.15, 0.2) is 0 Å². The zero-order valence-electron chi connectivity index (χ0n) is 11.1. The smallest absolute Gasteiger partial charge is 0.244 e. The zero-order valence-corrected chi connectivity index (χ0v) is 11.9. The molecule has 7 heteroatoms. The molecule has 6 nitrogen and oxygen atoms in total. The molecule has 0 aliphatic rings. The number of nitrogens with one attached hydrogen (secondary N) is 1. The second-order valence-corrected chi connectivity index (χ2v) is 4.82. The molecule has 0 spiro atoms. The van der Waals surface area contributed by atoms with E-state index >= 15 is 0 Å². The minimum absolute atomic E-state index is 0.134. The third kappa shape index (κ3) is 3.76. The summed E-state index contributed by atoms with van der Waals surface area (Å²) in [6.45, 7) is 1.42. The van der Waals surface area contributed by atoms with Gasteiger partial charge in [-0.1, -0.05) is 24.3 Å². The second kappa shape index (κ2) is 6.32. The maximum absolute atomic E-state index is 5.68. The highest BCUT2D eigenvalue weighted by molar-refractivity contribution is 6.28. The lowest BCUT2D eigenvalue weighted by atomic mass is 10.1. The van der Waals surface area contributed by atoms with Crippen molar-refractivity contribution in [2.24, 2.45) is 0 Å². The van der Waals surface area contributed by atoms with Crippen LogP contribution in [0.15, 0.2) is 48.9 Å². The lowest BCUT2D eigenvalue weighted by Gasteiger charge is -2.07. The van der Waals surface area contributed by atoms with Gasteiger partial charge in [-0.3, -0.25) is 4.68 Å². The van der Waals surface area contributed by atoms with Crippen molar-refractivity contribution < 1.29 is 0 Å². The highest BCUT2D eigenvalue weighted by Gasteiger charge is 1.99. The van der Waals surface area contributed by atoms with Crippen molar-refractivity contribution in [2.45, 2.75) is 13.1 Å². The summed E-state index contributed by atoms with van der Waals surface area (Å²) in [4.78, 5) is 4.02. The molecule has 3 rings (SSSR count). The summed E-state index contributed by atoms with van der Waals surface area (Å²) in [7, 11) is 0. The van der Waals surface area contributed by atoms with Gasteiger partial charge in [0.1, 0.15) is 5.82 Å². The summed E-state index contributed by atoms with van der Waals surface area (Å²) in [5.41, 5.74) is 2.35. The van der Waals surface area contributed by atoms with Crippen LogP contribution >= 0.6 is 11.6 Å². The number of rotatable bonds is 5. The lowest BCUT2D eigenvalue weighted by Crippen LogP contribution is -2.04. The van der Waals surface area contributed by atoms with E-state index in [1.54, 1.807) is 6.20 Å². The van der Waals surface area contributed by atoms with Gasteiger partial charge in [0.2, 0.25) is 5.28 Å². The maximum Gasteiger partial charge on any atom is 0.244 e. The Morgan fingerprint density at radius 3 is 2.67 bits per heavy atom. The van der Waals surface area contributed by atoms with Crippen LogP contribution in [0.3, 0.4) is 0 Å². The first kappa shape index (κ1) is 13.5. The predicted molar refractivity (Wildman–Crippen MR) is 79.9 cm³/mol. The van der Waals surface area contributed by atoms with Crippen LogP contribution in [0.25, 0.3) is 0 Å². The number of nitrogens with zero attached hydrogens (tertiary/aromatic N) is 5. The Morgan fingerprint density at radius 1 is 1.14 bits per heavy atom. The van der Waals surface area contributed by atoms with E-state index in [0.717, 1.165) is 12.1 Å². The van der Waals surface area contributed by atoms with Gasteiger partial charge in [-0.15, -0.1) is 5.10 Å². The van der Waals surface area contributed by atoms with Gasteiger partial charge in [0.05, 0.1) is 12.7 Å². The Kier molecular flexibility index (Phi) is 4.07. The van der Waals surface area contributed by atoms with Crippen molar-refractivity contribution in [1.29, 1.82) is 0 Å². The highest BCUT2D eigenvalue weighted by atomic mass is 35.5. The second-order valence-electron chi connectivity index (χ2n) is 4.48. The molecule has 1 N–H and O–H groups in total. The first-order chi connectivity index (χ1) is 10.3. The number of hydrogen-bond acceptors (Lipinski definition) is 5. The summed E-state index contributed by atoms with van der Waals surface area (Å²) in [5, 5.41) is 14.8. The number of hydrogen-bond donors (Lipinski definition) is 1. The van der Waals surface area contributed by atoms with E-state index in [2.05, 4.69) is 49.9 Å². The molecule has 0 saturated heterocycles. The van der Waals surface area contributed by atoms with Crippen LogP contribution in [0.2, 0.25) is 5.28 Å². The molecule has 0 aliphatic heterocycles. The summed E-state index contributed by atoms with van der Waals surface area (Å²) in [6.07, 6.45) is 5.26. The van der Waals surface area contributed by atoms with E-state index < -0.39 is 0 Å². The van der Waals surface area contributed by atoms with E-state index in [4.69, 9.17) is 11.6 Å². The van der Waals surface area contributed by atoms with E-state index in [-0.39, 0.29) is 5.28 Å². The predicted octanol–water partition coefficient (Wildman–Crippen LogP) is 2.38. The molecule has 0 amide bonds. The third-order valence-corrected chi connectivity index (χ3v) is 3.09. The Bertz CT molecular complexity index is 696. The van der Waals surface area contributed by atoms with Crippen molar-refractivity contribution in [3.8, 4) is 0 Å². The van der Waals surface area contributed by atoms with Gasteiger partial charge in [-0.05, 0) is 28.8 Å². The quantitative estimate of drug-likeness (QED) is 0.783. The van der Waals surface area contributed by atoms with Gasteiger partial charge in [0, 0.05) is 18.9 Å². The van der Waals surface area contributed by atoms with E-state index in [9.17, 15) is 0 Å². The molecule has 1 aromatic carbocycles. The molecule has 106 valence electrons. The number of aromatic nitrogens is 5. The monoisotopic (exact) mass is 300 g/mol. The molecule has 0 atom stereocenters. The molecule has 0 saturated carbocycles. The van der Waals surface area contributed by atoms with Crippen molar-refractivity contribution in [1.82, 2.24) is 25.0 Å². The number of benzene rings is 1. The van der Waals surface area contributed by atoms with Gasteiger partial charge < -0.3 is 5.32 Å². The van der Waals surface area contributed by atoms with Gasteiger partial charge in [0.25, 0.3) is 0 Å². The van der Waals surface area contributed by atoms with Gasteiger partial charge in [-0.2, -0.15) is 15.2 Å². The Balaban J connectivity index is 1.59. The third-order valence-electron chi connectivity index (χ3n) is 2.93. The first-order valence-corrected chi connectivity index (χ1v) is 6.82. The normalized spacial score (nSPS) is 10.5. The maximum atomic E-state index is 5.68. The summed E-state index contributed by atoms with van der Waals surface area (Å²) in [5.74, 6) is 0.607. The molecule has 0 unspecified atom stereocenters. The van der Waals surface area contributed by atoms with Crippen LogP contribution in [0.4, 0.5) is 5.82 Å².